The van der Waals surface area contributed by atoms with E-state index in [2.05, 4.69) is 5.16 Å². The number of benzene rings is 1. The van der Waals surface area contributed by atoms with Crippen molar-refractivity contribution < 1.29 is 8.94 Å². The molecule has 2 N–H and O–H groups in total. The van der Waals surface area contributed by atoms with Gasteiger partial charge in [0.1, 0.15) is 5.58 Å². The van der Waals surface area contributed by atoms with Gasteiger partial charge in [0, 0.05) is 16.0 Å². The van der Waals surface area contributed by atoms with Gasteiger partial charge in [-0.2, -0.15) is 0 Å². The monoisotopic (exact) mass is 234 g/mol. The topological polar surface area (TPSA) is 65.2 Å². The van der Waals surface area contributed by atoms with Crippen LogP contribution in [0.1, 0.15) is 0 Å². The highest BCUT2D eigenvalue weighted by Gasteiger charge is 2.15. The molecular weight excluding hydrogens is 228 g/mol. The van der Waals surface area contributed by atoms with E-state index in [1.807, 2.05) is 12.1 Å². The molecule has 0 atom stereocenters. The quantitative estimate of drug-likeness (QED) is 0.701. The maximum atomic E-state index is 6.16. The van der Waals surface area contributed by atoms with E-state index in [1.54, 1.807) is 18.5 Å². The number of nitrogen functional groups attached to an aromatic ring is 1. The first-order chi connectivity index (χ1) is 7.77. The number of nitrogens with zero attached hydrogens (tertiary/aromatic N) is 1. The van der Waals surface area contributed by atoms with E-state index in [-0.39, 0.29) is 5.88 Å². The number of rotatable bonds is 1. The van der Waals surface area contributed by atoms with Crippen LogP contribution in [0.4, 0.5) is 5.88 Å². The van der Waals surface area contributed by atoms with Crippen LogP contribution in [-0.2, 0) is 0 Å². The highest BCUT2D eigenvalue weighted by molar-refractivity contribution is 6.35. The predicted molar refractivity (Wildman–Crippen MR) is 61.1 cm³/mol. The number of aromatic nitrogens is 1. The molecule has 0 aliphatic rings. The van der Waals surface area contributed by atoms with Crippen LogP contribution in [0.5, 0.6) is 0 Å². The summed E-state index contributed by atoms with van der Waals surface area (Å²) < 4.78 is 10.1. The Morgan fingerprint density at radius 3 is 2.88 bits per heavy atom. The van der Waals surface area contributed by atoms with Gasteiger partial charge in [0.25, 0.3) is 0 Å². The average molecular weight is 235 g/mol. The molecule has 0 saturated heterocycles. The Labute approximate surface area is 95.6 Å². The highest BCUT2D eigenvalue weighted by Crippen LogP contribution is 2.38. The summed E-state index contributed by atoms with van der Waals surface area (Å²) in [5.74, 6) is 0.246. The average Bonchev–Trinajstić information content (AvgIpc) is 2.87. The van der Waals surface area contributed by atoms with Gasteiger partial charge in [-0.15, -0.1) is 0 Å². The van der Waals surface area contributed by atoms with Gasteiger partial charge in [-0.05, 0) is 18.2 Å². The van der Waals surface area contributed by atoms with Gasteiger partial charge in [-0.25, -0.2) is 0 Å². The fourth-order valence-electron chi connectivity index (χ4n) is 1.73. The number of anilines is 1. The fraction of sp³-hybridized carbons (Fsp3) is 0. The van der Waals surface area contributed by atoms with Crippen LogP contribution >= 0.6 is 11.6 Å². The summed E-state index contributed by atoms with van der Waals surface area (Å²) >= 11 is 6.16. The molecule has 1 aromatic carbocycles. The van der Waals surface area contributed by atoms with E-state index < -0.39 is 0 Å². The van der Waals surface area contributed by atoms with Crippen molar-refractivity contribution >= 4 is 28.5 Å². The number of furan rings is 1. The lowest BCUT2D eigenvalue weighted by molar-refractivity contribution is 0.436. The van der Waals surface area contributed by atoms with E-state index in [0.29, 0.717) is 10.6 Å². The van der Waals surface area contributed by atoms with Crippen molar-refractivity contribution in [2.24, 2.45) is 0 Å². The molecule has 16 heavy (non-hydrogen) atoms. The van der Waals surface area contributed by atoms with Gasteiger partial charge in [0.15, 0.2) is 0 Å². The van der Waals surface area contributed by atoms with Gasteiger partial charge >= 0.3 is 0 Å². The van der Waals surface area contributed by atoms with Gasteiger partial charge in [-0.1, -0.05) is 16.8 Å². The zero-order chi connectivity index (χ0) is 11.1. The Balaban J connectivity index is 2.42. The molecule has 0 bridgehead atoms. The number of fused-ring (bicyclic) bond motifs is 1. The third-order valence-corrected chi connectivity index (χ3v) is 2.77. The van der Waals surface area contributed by atoms with Crippen molar-refractivity contribution in [1.82, 2.24) is 5.16 Å². The highest BCUT2D eigenvalue weighted by atomic mass is 35.5. The molecule has 0 fully saturated rings. The van der Waals surface area contributed by atoms with Crippen LogP contribution in [0, 0.1) is 0 Å². The molecule has 3 aromatic rings. The Bertz CT molecular complexity index is 657. The minimum Gasteiger partial charge on any atom is -0.464 e. The molecule has 0 aliphatic carbocycles. The number of nitrogens with two attached hydrogens (primary N) is 1. The lowest BCUT2D eigenvalue weighted by atomic mass is 10.0. The SMILES string of the molecule is Nc1oncc1-c1c(Cl)ccc2occc12. The molecule has 0 unspecified atom stereocenters. The summed E-state index contributed by atoms with van der Waals surface area (Å²) in [7, 11) is 0. The van der Waals surface area contributed by atoms with Gasteiger partial charge in [-0.3, -0.25) is 0 Å². The molecule has 0 saturated carbocycles. The van der Waals surface area contributed by atoms with E-state index in [9.17, 15) is 0 Å². The standard InChI is InChI=1S/C11H7ClN2O2/c12-8-1-2-9-6(3-4-15-9)10(8)7-5-14-16-11(7)13/h1-5H,13H2. The van der Waals surface area contributed by atoms with Crippen LogP contribution in [-0.4, -0.2) is 5.16 Å². The summed E-state index contributed by atoms with van der Waals surface area (Å²) in [6.07, 6.45) is 3.15. The van der Waals surface area contributed by atoms with Crippen molar-refractivity contribution in [3.63, 3.8) is 0 Å². The first kappa shape index (κ1) is 9.30. The van der Waals surface area contributed by atoms with Crippen molar-refractivity contribution in [1.29, 1.82) is 0 Å². The number of hydrogen-bond acceptors (Lipinski definition) is 4. The van der Waals surface area contributed by atoms with Gasteiger partial charge in [0.05, 0.1) is 18.0 Å². The zero-order valence-electron chi connectivity index (χ0n) is 8.11. The molecule has 0 aliphatic heterocycles. The summed E-state index contributed by atoms with van der Waals surface area (Å²) in [4.78, 5) is 0. The van der Waals surface area contributed by atoms with Crippen molar-refractivity contribution in [2.75, 3.05) is 5.73 Å². The second-order valence-electron chi connectivity index (χ2n) is 3.36. The Hall–Kier alpha value is -1.94. The molecule has 2 aromatic heterocycles. The van der Waals surface area contributed by atoms with Crippen molar-refractivity contribution in [2.45, 2.75) is 0 Å². The first-order valence-electron chi connectivity index (χ1n) is 4.63. The van der Waals surface area contributed by atoms with Gasteiger partial charge < -0.3 is 14.7 Å². The summed E-state index contributed by atoms with van der Waals surface area (Å²) in [6, 6.07) is 5.41. The fourth-order valence-corrected chi connectivity index (χ4v) is 1.99. The van der Waals surface area contributed by atoms with Crippen LogP contribution in [0.25, 0.3) is 22.1 Å². The van der Waals surface area contributed by atoms with E-state index >= 15 is 0 Å². The van der Waals surface area contributed by atoms with Crippen LogP contribution in [0.15, 0.2) is 39.6 Å². The molecule has 0 radical (unpaired) electrons. The van der Waals surface area contributed by atoms with Gasteiger partial charge in [0.2, 0.25) is 5.88 Å². The normalized spacial score (nSPS) is 11.1. The number of hydrogen-bond donors (Lipinski definition) is 1. The van der Waals surface area contributed by atoms with Crippen molar-refractivity contribution in [3.05, 3.63) is 35.7 Å². The summed E-state index contributed by atoms with van der Waals surface area (Å²) in [5.41, 5.74) is 7.89. The van der Waals surface area contributed by atoms with Crippen LogP contribution < -0.4 is 5.73 Å². The minimum atomic E-state index is 0.246. The molecule has 0 amide bonds. The van der Waals surface area contributed by atoms with E-state index in [4.69, 9.17) is 26.3 Å². The summed E-state index contributed by atoms with van der Waals surface area (Å²) in [5, 5.41) is 5.12. The van der Waals surface area contributed by atoms with E-state index in [1.165, 1.54) is 0 Å². The third-order valence-electron chi connectivity index (χ3n) is 2.45. The Morgan fingerprint density at radius 1 is 1.25 bits per heavy atom. The second kappa shape index (κ2) is 3.28. The third kappa shape index (κ3) is 1.20. The van der Waals surface area contributed by atoms with E-state index in [0.717, 1.165) is 16.5 Å². The molecule has 4 nitrogen and oxygen atoms in total. The largest absolute Gasteiger partial charge is 0.464 e. The lowest BCUT2D eigenvalue weighted by Crippen LogP contribution is -1.86. The Morgan fingerprint density at radius 2 is 2.12 bits per heavy atom. The second-order valence-corrected chi connectivity index (χ2v) is 3.77. The molecule has 0 spiro atoms. The molecule has 2 heterocycles. The zero-order valence-corrected chi connectivity index (χ0v) is 8.86. The summed E-state index contributed by atoms with van der Waals surface area (Å²) in [6.45, 7) is 0. The van der Waals surface area contributed by atoms with Crippen molar-refractivity contribution in [3.8, 4) is 11.1 Å². The van der Waals surface area contributed by atoms with Crippen LogP contribution in [0.3, 0.4) is 0 Å². The molecule has 3 rings (SSSR count). The molecule has 5 heteroatoms. The molecule has 80 valence electrons. The first-order valence-corrected chi connectivity index (χ1v) is 5.01. The lowest BCUT2D eigenvalue weighted by Gasteiger charge is -2.02. The predicted octanol–water partition coefficient (Wildman–Crippen LogP) is 3.32. The maximum Gasteiger partial charge on any atom is 0.230 e. The number of halogens is 1. The smallest absolute Gasteiger partial charge is 0.230 e. The minimum absolute atomic E-state index is 0.246. The maximum absolute atomic E-state index is 6.16. The molecular formula is C11H7ClN2O2. The Kier molecular flexibility index (Phi) is 1.91. The van der Waals surface area contributed by atoms with Crippen LogP contribution in [0.2, 0.25) is 5.02 Å².